The third-order valence-electron chi connectivity index (χ3n) is 6.02. The van der Waals surface area contributed by atoms with Crippen molar-refractivity contribution in [1.29, 1.82) is 0 Å². The van der Waals surface area contributed by atoms with E-state index in [0.29, 0.717) is 21.0 Å². The van der Waals surface area contributed by atoms with Crippen LogP contribution in [0.5, 0.6) is 0 Å². The number of rotatable bonds is 3. The number of benzene rings is 2. The highest BCUT2D eigenvalue weighted by Gasteiger charge is 2.36. The van der Waals surface area contributed by atoms with Crippen molar-refractivity contribution in [3.05, 3.63) is 63.0 Å². The Morgan fingerprint density at radius 3 is 2.68 bits per heavy atom. The Morgan fingerprint density at radius 2 is 2.00 bits per heavy atom. The number of amides is 1. The van der Waals surface area contributed by atoms with Gasteiger partial charge < -0.3 is 10.2 Å². The van der Waals surface area contributed by atoms with Crippen LogP contribution in [-0.2, 0) is 4.79 Å². The van der Waals surface area contributed by atoms with Gasteiger partial charge in [-0.05, 0) is 93.3 Å². The number of carbonyl (C=O) groups is 1. The number of carbonyl (C=O) groups excluding carboxylic acids is 1. The first-order chi connectivity index (χ1) is 14.7. The van der Waals surface area contributed by atoms with Crippen LogP contribution < -0.4 is 10.2 Å². The number of halogens is 1. The van der Waals surface area contributed by atoms with Crippen LogP contribution in [0.4, 0.5) is 11.4 Å². The van der Waals surface area contributed by atoms with Crippen LogP contribution in [0.25, 0.3) is 6.08 Å². The average molecular weight is 454 g/mol. The molecule has 6 heteroatoms. The standard InChI is InChI=1S/C25H28ClN3OS/c1-6-29-21-13-20(26)17(11-19(21)16(3)14-25(29,4)5)12-22-23(30)28-24(31-22)27-18-9-7-15(2)8-10-18/h7-13,16H,6,14H2,1-5H3,(H,27,28,30)/b22-12+. The van der Waals surface area contributed by atoms with Gasteiger partial charge in [-0.2, -0.15) is 0 Å². The van der Waals surface area contributed by atoms with E-state index in [0.717, 1.165) is 24.2 Å². The lowest BCUT2D eigenvalue weighted by atomic mass is 9.79. The Bertz CT molecular complexity index is 1090. The fourth-order valence-corrected chi connectivity index (χ4v) is 5.63. The third-order valence-corrected chi connectivity index (χ3v) is 7.26. The van der Waals surface area contributed by atoms with Crippen molar-refractivity contribution in [2.45, 2.75) is 52.5 Å². The summed E-state index contributed by atoms with van der Waals surface area (Å²) in [6.07, 6.45) is 2.96. The van der Waals surface area contributed by atoms with Crippen LogP contribution >= 0.6 is 23.4 Å². The number of nitrogens with zero attached hydrogens (tertiary/aromatic N) is 2. The molecule has 2 aliphatic heterocycles. The van der Waals surface area contributed by atoms with Gasteiger partial charge in [0.2, 0.25) is 0 Å². The number of amidine groups is 1. The molecule has 0 spiro atoms. The highest BCUT2D eigenvalue weighted by Crippen LogP contribution is 2.45. The van der Waals surface area contributed by atoms with Crippen molar-refractivity contribution in [3.8, 4) is 0 Å². The average Bonchev–Trinajstić information content (AvgIpc) is 3.03. The zero-order valence-electron chi connectivity index (χ0n) is 18.6. The Balaban J connectivity index is 1.66. The van der Waals surface area contributed by atoms with Crippen molar-refractivity contribution in [1.82, 2.24) is 5.32 Å². The van der Waals surface area contributed by atoms with Crippen molar-refractivity contribution in [3.63, 3.8) is 0 Å². The van der Waals surface area contributed by atoms with E-state index in [1.807, 2.05) is 37.3 Å². The predicted octanol–water partition coefficient (Wildman–Crippen LogP) is 6.65. The van der Waals surface area contributed by atoms with E-state index in [1.54, 1.807) is 0 Å². The first-order valence-electron chi connectivity index (χ1n) is 10.7. The van der Waals surface area contributed by atoms with Crippen LogP contribution in [0.2, 0.25) is 5.02 Å². The fraction of sp³-hybridized carbons (Fsp3) is 0.360. The van der Waals surface area contributed by atoms with Gasteiger partial charge in [0, 0.05) is 22.8 Å². The van der Waals surface area contributed by atoms with Gasteiger partial charge in [-0.25, -0.2) is 4.99 Å². The van der Waals surface area contributed by atoms with Crippen LogP contribution in [0.1, 0.15) is 56.7 Å². The molecule has 0 aliphatic carbocycles. The van der Waals surface area contributed by atoms with E-state index in [9.17, 15) is 4.79 Å². The monoisotopic (exact) mass is 453 g/mol. The first kappa shape index (κ1) is 22.0. The third kappa shape index (κ3) is 4.39. The second-order valence-electron chi connectivity index (χ2n) is 8.91. The molecule has 1 N–H and O–H groups in total. The van der Waals surface area contributed by atoms with Gasteiger partial charge in [-0.15, -0.1) is 0 Å². The van der Waals surface area contributed by atoms with Gasteiger partial charge in [0.05, 0.1) is 10.6 Å². The highest BCUT2D eigenvalue weighted by atomic mass is 35.5. The molecule has 2 aliphatic rings. The van der Waals surface area contributed by atoms with Crippen LogP contribution in [0, 0.1) is 6.92 Å². The van der Waals surface area contributed by atoms with Gasteiger partial charge in [-0.3, -0.25) is 4.79 Å². The van der Waals surface area contributed by atoms with E-state index in [-0.39, 0.29) is 11.4 Å². The second-order valence-corrected chi connectivity index (χ2v) is 10.3. The number of thioether (sulfide) groups is 1. The smallest absolute Gasteiger partial charge is 0.264 e. The van der Waals surface area contributed by atoms with E-state index in [2.05, 4.69) is 55.0 Å². The molecule has 0 radical (unpaired) electrons. The van der Waals surface area contributed by atoms with Crippen molar-refractivity contribution in [2.24, 2.45) is 4.99 Å². The van der Waals surface area contributed by atoms with Crippen LogP contribution in [0.3, 0.4) is 0 Å². The molecule has 162 valence electrons. The summed E-state index contributed by atoms with van der Waals surface area (Å²) in [5.74, 6) is 0.278. The van der Waals surface area contributed by atoms with Gasteiger partial charge in [-0.1, -0.05) is 36.2 Å². The summed E-state index contributed by atoms with van der Waals surface area (Å²) in [4.78, 5) is 20.1. The molecule has 1 fully saturated rings. The number of aliphatic imine (C=N–C) groups is 1. The van der Waals surface area contributed by atoms with Crippen LogP contribution in [-0.4, -0.2) is 23.2 Å². The minimum Gasteiger partial charge on any atom is -0.366 e. The molecule has 2 heterocycles. The maximum absolute atomic E-state index is 12.5. The van der Waals surface area contributed by atoms with E-state index in [4.69, 9.17) is 11.6 Å². The van der Waals surface area contributed by atoms with E-state index >= 15 is 0 Å². The van der Waals surface area contributed by atoms with Gasteiger partial charge in [0.15, 0.2) is 5.17 Å². The topological polar surface area (TPSA) is 44.7 Å². The minimum atomic E-state index is -0.144. The number of hydrogen-bond donors (Lipinski definition) is 1. The molecular weight excluding hydrogens is 426 g/mol. The molecule has 1 unspecified atom stereocenters. The molecule has 0 saturated carbocycles. The Labute approximate surface area is 193 Å². The molecule has 2 aromatic rings. The van der Waals surface area contributed by atoms with Crippen molar-refractivity contribution >= 4 is 51.9 Å². The molecule has 2 aromatic carbocycles. The number of fused-ring (bicyclic) bond motifs is 1. The summed E-state index contributed by atoms with van der Waals surface area (Å²) >= 11 is 8.03. The van der Waals surface area contributed by atoms with E-state index < -0.39 is 0 Å². The molecule has 31 heavy (non-hydrogen) atoms. The largest absolute Gasteiger partial charge is 0.366 e. The summed E-state index contributed by atoms with van der Waals surface area (Å²) in [7, 11) is 0. The van der Waals surface area contributed by atoms with E-state index in [1.165, 1.54) is 28.6 Å². The minimum absolute atomic E-state index is 0.0903. The zero-order chi connectivity index (χ0) is 22.3. The predicted molar refractivity (Wildman–Crippen MR) is 134 cm³/mol. The lowest BCUT2D eigenvalue weighted by Crippen LogP contribution is -2.48. The summed E-state index contributed by atoms with van der Waals surface area (Å²) < 4.78 is 0. The van der Waals surface area contributed by atoms with Crippen molar-refractivity contribution < 1.29 is 4.79 Å². The maximum Gasteiger partial charge on any atom is 0.264 e. The Kier molecular flexibility index (Phi) is 5.93. The number of aryl methyl sites for hydroxylation is 1. The summed E-state index contributed by atoms with van der Waals surface area (Å²) in [5.41, 5.74) is 5.44. The molecule has 1 atom stereocenters. The number of anilines is 1. The maximum atomic E-state index is 12.5. The molecule has 0 aromatic heterocycles. The summed E-state index contributed by atoms with van der Waals surface area (Å²) in [6.45, 7) is 12.0. The fourth-order valence-electron chi connectivity index (χ4n) is 4.59. The van der Waals surface area contributed by atoms with Gasteiger partial charge in [0.25, 0.3) is 5.91 Å². The lowest BCUT2D eigenvalue weighted by molar-refractivity contribution is -0.115. The number of nitrogens with one attached hydrogen (secondary N) is 1. The Hall–Kier alpha value is -2.24. The molecule has 1 amide bonds. The van der Waals surface area contributed by atoms with Crippen LogP contribution in [0.15, 0.2) is 46.3 Å². The van der Waals surface area contributed by atoms with Gasteiger partial charge in [0.1, 0.15) is 0 Å². The highest BCUT2D eigenvalue weighted by molar-refractivity contribution is 8.18. The zero-order valence-corrected chi connectivity index (χ0v) is 20.2. The Morgan fingerprint density at radius 1 is 1.29 bits per heavy atom. The normalized spacial score (nSPS) is 22.7. The number of hydrogen-bond acceptors (Lipinski definition) is 4. The second kappa shape index (κ2) is 8.36. The summed E-state index contributed by atoms with van der Waals surface area (Å²) in [6, 6.07) is 12.1. The van der Waals surface area contributed by atoms with Crippen molar-refractivity contribution in [2.75, 3.05) is 11.4 Å². The molecule has 0 bridgehead atoms. The molecule has 4 rings (SSSR count). The molecule has 4 nitrogen and oxygen atoms in total. The SMILES string of the molecule is CCN1c2cc(Cl)c(/C=C3/SC(=Nc4ccc(C)cc4)NC3=O)cc2C(C)CC1(C)C. The van der Waals surface area contributed by atoms with Gasteiger partial charge >= 0.3 is 0 Å². The first-order valence-corrected chi connectivity index (χ1v) is 11.8. The quantitative estimate of drug-likeness (QED) is 0.529. The lowest BCUT2D eigenvalue weighted by Gasteiger charge is -2.47. The molecule has 1 saturated heterocycles. The molecular formula is C25H28ClN3OS. The summed E-state index contributed by atoms with van der Waals surface area (Å²) in [5, 5.41) is 4.10.